The lowest BCUT2D eigenvalue weighted by atomic mass is 9.73. The van der Waals surface area contributed by atoms with Crippen LogP contribution in [0.25, 0.3) is 5.65 Å². The lowest BCUT2D eigenvalue weighted by Gasteiger charge is -2.40. The molecule has 0 atom stereocenters. The number of carbonyl (C=O) groups excluding carboxylic acids is 4. The monoisotopic (exact) mass is 679 g/mol. The molecule has 0 aliphatic carbocycles. The second-order valence-corrected chi connectivity index (χ2v) is 13.8. The molecule has 0 unspecified atom stereocenters. The average Bonchev–Trinajstić information content (AvgIpc) is 3.55. The number of H-pyrrole nitrogens is 1. The Hall–Kier alpha value is -5.11. The first-order chi connectivity index (χ1) is 22.4. The summed E-state index contributed by atoms with van der Waals surface area (Å²) >= 11 is 6.63. The number of halogens is 1. The smallest absolute Gasteiger partial charge is 0.319 e. The summed E-state index contributed by atoms with van der Waals surface area (Å²) in [6, 6.07) is 12.6. The zero-order chi connectivity index (χ0) is 35.4. The Morgan fingerprint density at radius 1 is 0.875 bits per heavy atom. The van der Waals surface area contributed by atoms with Gasteiger partial charge in [0.2, 0.25) is 11.8 Å². The van der Waals surface area contributed by atoms with Crippen LogP contribution >= 0.6 is 11.6 Å². The van der Waals surface area contributed by atoms with E-state index in [9.17, 15) is 19.2 Å². The van der Waals surface area contributed by atoms with Gasteiger partial charge in [0.25, 0.3) is 5.91 Å². The predicted octanol–water partition coefficient (Wildman–Crippen LogP) is 4.98. The molecule has 0 saturated carbocycles. The highest BCUT2D eigenvalue weighted by Gasteiger charge is 2.44. The molecule has 2 aromatic heterocycles. The molecule has 2 heterocycles. The zero-order valence-electron chi connectivity index (χ0n) is 28.3. The van der Waals surface area contributed by atoms with Gasteiger partial charge in [0.15, 0.2) is 18.1 Å². The van der Waals surface area contributed by atoms with Crippen LogP contribution < -0.4 is 31.3 Å². The van der Waals surface area contributed by atoms with Crippen LogP contribution in [0, 0.1) is 0 Å². The Kier molecular flexibility index (Phi) is 10.4. The van der Waals surface area contributed by atoms with E-state index in [2.05, 4.69) is 41.9 Å². The third-order valence-electron chi connectivity index (χ3n) is 8.00. The maximum Gasteiger partial charge on any atom is 0.319 e. The number of rotatable bonds is 11. The van der Waals surface area contributed by atoms with Crippen LogP contribution in [-0.4, -0.2) is 62.3 Å². The molecule has 2 aromatic carbocycles. The number of nitrogens with zero attached hydrogens (tertiary/aromatic N) is 3. The molecule has 4 aromatic rings. The standard InChI is InChI=1S/C33H42ClN9O5/c1-19(44)36-20-12-11-13-21(16-20)37-30(47)35-17-24(45)38-22-14-9-10-15-23(22)48-18-25(46)39-33(7,8)32(5,6)29-41-40-28-26(34)27(31(2,3)4)42-43(28)29/h9-16,42H,17-18H2,1-8H3,(H,36,44)(H,38,45)(H,39,46)(H2,35,37,47). The van der Waals surface area contributed by atoms with Crippen molar-refractivity contribution in [3.8, 4) is 5.75 Å². The Morgan fingerprint density at radius 2 is 1.54 bits per heavy atom. The third-order valence-corrected chi connectivity index (χ3v) is 8.35. The van der Waals surface area contributed by atoms with Gasteiger partial charge >= 0.3 is 6.03 Å². The Morgan fingerprint density at radius 3 is 2.21 bits per heavy atom. The summed E-state index contributed by atoms with van der Waals surface area (Å²) in [5, 5.41) is 26.0. The highest BCUT2D eigenvalue weighted by Crippen LogP contribution is 2.37. The number of para-hydroxylation sites is 2. The van der Waals surface area contributed by atoms with E-state index in [1.165, 1.54) is 6.92 Å². The van der Waals surface area contributed by atoms with Crippen molar-refractivity contribution in [2.75, 3.05) is 29.1 Å². The van der Waals surface area contributed by atoms with E-state index in [0.29, 0.717) is 33.6 Å². The van der Waals surface area contributed by atoms with E-state index in [1.807, 2.05) is 48.5 Å². The molecule has 256 valence electrons. The maximum absolute atomic E-state index is 13.2. The van der Waals surface area contributed by atoms with E-state index in [4.69, 9.17) is 16.3 Å². The van der Waals surface area contributed by atoms with Crippen LogP contribution in [0.4, 0.5) is 21.9 Å². The van der Waals surface area contributed by atoms with Gasteiger partial charge in [0.05, 0.1) is 17.9 Å². The van der Waals surface area contributed by atoms with E-state index in [0.717, 1.165) is 5.69 Å². The number of anilines is 3. The highest BCUT2D eigenvalue weighted by atomic mass is 35.5. The first kappa shape index (κ1) is 35.7. The number of aromatic nitrogens is 4. The van der Waals surface area contributed by atoms with Crippen molar-refractivity contribution in [1.29, 1.82) is 0 Å². The molecule has 0 bridgehead atoms. The van der Waals surface area contributed by atoms with Crippen LogP contribution in [0.3, 0.4) is 0 Å². The summed E-state index contributed by atoms with van der Waals surface area (Å²) in [6.45, 7) is 14.5. The van der Waals surface area contributed by atoms with Gasteiger partial charge in [-0.3, -0.25) is 19.5 Å². The number of carbonyl (C=O) groups is 4. The first-order valence-corrected chi connectivity index (χ1v) is 15.7. The largest absolute Gasteiger partial charge is 0.482 e. The molecule has 5 amide bonds. The van der Waals surface area contributed by atoms with Gasteiger partial charge in [0.1, 0.15) is 10.8 Å². The number of nitrogens with one attached hydrogen (secondary N) is 6. The van der Waals surface area contributed by atoms with Gasteiger partial charge in [-0.15, -0.1) is 10.2 Å². The number of hydrogen-bond donors (Lipinski definition) is 6. The summed E-state index contributed by atoms with van der Waals surface area (Å²) < 4.78 is 7.57. The van der Waals surface area contributed by atoms with E-state index in [-0.39, 0.29) is 30.2 Å². The van der Waals surface area contributed by atoms with Crippen LogP contribution in [0.2, 0.25) is 5.02 Å². The fraction of sp³-hybridized carbons (Fsp3) is 0.394. The van der Waals surface area contributed by atoms with Crippen molar-refractivity contribution in [3.63, 3.8) is 0 Å². The molecule has 48 heavy (non-hydrogen) atoms. The minimum atomic E-state index is -0.818. The van der Waals surface area contributed by atoms with Gasteiger partial charge in [-0.25, -0.2) is 9.31 Å². The number of fused-ring (bicyclic) bond motifs is 1. The molecule has 6 N–H and O–H groups in total. The lowest BCUT2D eigenvalue weighted by Crippen LogP contribution is -2.57. The molecule has 0 aliphatic heterocycles. The number of hydrogen-bond acceptors (Lipinski definition) is 7. The first-order valence-electron chi connectivity index (χ1n) is 15.3. The van der Waals surface area contributed by atoms with Crippen LogP contribution in [0.15, 0.2) is 48.5 Å². The Balaban J connectivity index is 1.33. The molecule has 14 nitrogen and oxygen atoms in total. The van der Waals surface area contributed by atoms with Crippen molar-refractivity contribution in [2.45, 2.75) is 71.8 Å². The molecule has 0 spiro atoms. The number of benzene rings is 2. The predicted molar refractivity (Wildman–Crippen MR) is 185 cm³/mol. The topological polar surface area (TPSA) is 184 Å². The minimum Gasteiger partial charge on any atom is -0.482 e. The fourth-order valence-corrected chi connectivity index (χ4v) is 5.22. The molecule has 15 heteroatoms. The number of aromatic amines is 1. The van der Waals surface area contributed by atoms with Crippen LogP contribution in [0.1, 0.15) is 66.9 Å². The summed E-state index contributed by atoms with van der Waals surface area (Å²) in [5.41, 5.74) is 0.834. The van der Waals surface area contributed by atoms with E-state index < -0.39 is 28.8 Å². The van der Waals surface area contributed by atoms with Gasteiger partial charge in [-0.1, -0.05) is 64.4 Å². The maximum atomic E-state index is 13.2. The normalized spacial score (nSPS) is 11.9. The zero-order valence-corrected chi connectivity index (χ0v) is 29.0. The lowest BCUT2D eigenvalue weighted by molar-refractivity contribution is -0.125. The minimum absolute atomic E-state index is 0.242. The van der Waals surface area contributed by atoms with E-state index >= 15 is 0 Å². The Bertz CT molecular complexity index is 1840. The molecule has 0 aliphatic rings. The average molecular weight is 680 g/mol. The molecule has 4 rings (SSSR count). The summed E-state index contributed by atoms with van der Waals surface area (Å²) in [6.07, 6.45) is 0. The molecule has 0 radical (unpaired) electrons. The van der Waals surface area contributed by atoms with Crippen molar-refractivity contribution in [3.05, 3.63) is 65.1 Å². The molecular weight excluding hydrogens is 638 g/mol. The number of amides is 5. The molecule has 0 saturated heterocycles. The third kappa shape index (κ3) is 8.23. The molecule has 0 fully saturated rings. The van der Waals surface area contributed by atoms with Crippen LogP contribution in [-0.2, 0) is 25.2 Å². The highest BCUT2D eigenvalue weighted by molar-refractivity contribution is 6.34. The second-order valence-electron chi connectivity index (χ2n) is 13.4. The van der Waals surface area contributed by atoms with Crippen molar-refractivity contribution in [1.82, 2.24) is 30.4 Å². The van der Waals surface area contributed by atoms with Gasteiger partial charge in [0, 0.05) is 34.7 Å². The van der Waals surface area contributed by atoms with Gasteiger partial charge < -0.3 is 31.3 Å². The fourth-order valence-electron chi connectivity index (χ4n) is 4.77. The summed E-state index contributed by atoms with van der Waals surface area (Å²) in [7, 11) is 0. The van der Waals surface area contributed by atoms with Crippen molar-refractivity contribution < 1.29 is 23.9 Å². The van der Waals surface area contributed by atoms with Gasteiger partial charge in [-0.05, 0) is 44.2 Å². The summed E-state index contributed by atoms with van der Waals surface area (Å²) in [5.74, 6) is -0.287. The summed E-state index contributed by atoms with van der Waals surface area (Å²) in [4.78, 5) is 49.5. The molecular formula is C33H42ClN9O5. The number of urea groups is 1. The van der Waals surface area contributed by atoms with Gasteiger partial charge in [-0.2, -0.15) is 0 Å². The van der Waals surface area contributed by atoms with Crippen LogP contribution in [0.5, 0.6) is 5.75 Å². The SMILES string of the molecule is CC(=O)Nc1cccc(NC(=O)NCC(=O)Nc2ccccc2OCC(=O)NC(C)(C)C(C)(C)c2nnc3c(Cl)c(C(C)(C)C)[nH]n23)c1. The van der Waals surface area contributed by atoms with E-state index in [1.54, 1.807) is 53.0 Å². The quantitative estimate of drug-likeness (QED) is 0.129. The second kappa shape index (κ2) is 13.9. The Labute approximate surface area is 283 Å². The van der Waals surface area contributed by atoms with Crippen molar-refractivity contribution in [2.24, 2.45) is 0 Å². The van der Waals surface area contributed by atoms with Crippen molar-refractivity contribution >= 4 is 58.1 Å². The number of ether oxygens (including phenoxy) is 1.